The second-order valence-corrected chi connectivity index (χ2v) is 5.81. The molecule has 0 bridgehead atoms. The number of hydrogen-bond acceptors (Lipinski definition) is 3. The molecule has 1 aromatic heterocycles. The predicted octanol–water partition coefficient (Wildman–Crippen LogP) is 2.75. The molecule has 1 aliphatic heterocycles. The Balaban J connectivity index is 2.30. The van der Waals surface area contributed by atoms with Crippen LogP contribution in [-0.2, 0) is 17.4 Å². The molecule has 4 nitrogen and oxygen atoms in total. The number of alkyl halides is 3. The molecule has 1 saturated heterocycles. The summed E-state index contributed by atoms with van der Waals surface area (Å²) in [7, 11) is 0. The second kappa shape index (κ2) is 6.54. The minimum atomic E-state index is -4.47. The van der Waals surface area contributed by atoms with Crippen molar-refractivity contribution in [2.75, 3.05) is 18.0 Å². The van der Waals surface area contributed by atoms with E-state index in [4.69, 9.17) is 5.73 Å². The molecule has 0 aliphatic carbocycles. The van der Waals surface area contributed by atoms with E-state index in [0.29, 0.717) is 36.8 Å². The van der Waals surface area contributed by atoms with Gasteiger partial charge in [-0.3, -0.25) is 4.79 Å². The molecule has 0 unspecified atom stereocenters. The minimum Gasteiger partial charge on any atom is -0.370 e. The van der Waals surface area contributed by atoms with Crippen molar-refractivity contribution in [1.29, 1.82) is 0 Å². The number of aryl methyl sites for hydroxylation is 1. The van der Waals surface area contributed by atoms with E-state index in [0.717, 1.165) is 18.9 Å². The Kier molecular flexibility index (Phi) is 4.93. The maximum atomic E-state index is 12.9. The molecule has 1 aliphatic rings. The average molecular weight is 315 g/mol. The van der Waals surface area contributed by atoms with Crippen LogP contribution >= 0.6 is 0 Å². The Morgan fingerprint density at radius 1 is 1.36 bits per heavy atom. The van der Waals surface area contributed by atoms with Gasteiger partial charge in [0.15, 0.2) is 0 Å². The lowest BCUT2D eigenvalue weighted by Crippen LogP contribution is -2.34. The van der Waals surface area contributed by atoms with Crippen LogP contribution in [0.1, 0.15) is 37.4 Å². The van der Waals surface area contributed by atoms with Gasteiger partial charge < -0.3 is 10.6 Å². The Morgan fingerprint density at radius 3 is 2.55 bits per heavy atom. The highest BCUT2D eigenvalue weighted by Gasteiger charge is 2.34. The number of piperidine rings is 1. The normalized spacial score (nSPS) is 16.8. The first-order valence-electron chi connectivity index (χ1n) is 7.37. The SMILES string of the molecule is CC1CCN(c2nc(C(F)(F)F)ccc2CCC(N)=O)CC1. The van der Waals surface area contributed by atoms with Crippen molar-refractivity contribution in [1.82, 2.24) is 4.98 Å². The van der Waals surface area contributed by atoms with Crippen molar-refractivity contribution in [3.05, 3.63) is 23.4 Å². The van der Waals surface area contributed by atoms with Crippen molar-refractivity contribution in [2.45, 2.75) is 38.8 Å². The number of anilines is 1. The first kappa shape index (κ1) is 16.6. The number of primary amides is 1. The van der Waals surface area contributed by atoms with Gasteiger partial charge in [-0.1, -0.05) is 13.0 Å². The molecular weight excluding hydrogens is 295 g/mol. The quantitative estimate of drug-likeness (QED) is 0.929. The van der Waals surface area contributed by atoms with E-state index in [1.165, 1.54) is 6.07 Å². The summed E-state index contributed by atoms with van der Waals surface area (Å²) in [6.45, 7) is 3.49. The zero-order valence-corrected chi connectivity index (χ0v) is 12.5. The zero-order valence-electron chi connectivity index (χ0n) is 12.5. The van der Waals surface area contributed by atoms with Gasteiger partial charge in [0.1, 0.15) is 11.5 Å². The Bertz CT molecular complexity index is 537. The molecule has 0 atom stereocenters. The monoisotopic (exact) mass is 315 g/mol. The van der Waals surface area contributed by atoms with Crippen LogP contribution < -0.4 is 10.6 Å². The van der Waals surface area contributed by atoms with Gasteiger partial charge in [0.2, 0.25) is 5.91 Å². The summed E-state index contributed by atoms with van der Waals surface area (Å²) in [5.74, 6) is 0.428. The lowest BCUT2D eigenvalue weighted by Gasteiger charge is -2.32. The van der Waals surface area contributed by atoms with E-state index in [9.17, 15) is 18.0 Å². The predicted molar refractivity (Wildman–Crippen MR) is 77.4 cm³/mol. The molecule has 0 aromatic carbocycles. The van der Waals surface area contributed by atoms with Crippen LogP contribution in [0, 0.1) is 5.92 Å². The van der Waals surface area contributed by atoms with Gasteiger partial charge >= 0.3 is 6.18 Å². The fourth-order valence-electron chi connectivity index (χ4n) is 2.58. The summed E-state index contributed by atoms with van der Waals surface area (Å²) < 4.78 is 38.7. The van der Waals surface area contributed by atoms with Crippen LogP contribution in [-0.4, -0.2) is 24.0 Å². The number of nitrogens with two attached hydrogens (primary N) is 1. The number of nitrogens with zero attached hydrogens (tertiary/aromatic N) is 2. The molecule has 2 N–H and O–H groups in total. The van der Waals surface area contributed by atoms with Crippen molar-refractivity contribution >= 4 is 11.7 Å². The third-order valence-corrected chi connectivity index (χ3v) is 3.97. The van der Waals surface area contributed by atoms with E-state index >= 15 is 0 Å². The summed E-state index contributed by atoms with van der Waals surface area (Å²) in [4.78, 5) is 16.6. The number of halogens is 3. The maximum absolute atomic E-state index is 12.9. The van der Waals surface area contributed by atoms with Crippen molar-refractivity contribution in [2.24, 2.45) is 11.7 Å². The molecule has 0 spiro atoms. The van der Waals surface area contributed by atoms with Gasteiger partial charge in [-0.05, 0) is 36.8 Å². The molecule has 7 heteroatoms. The highest BCUT2D eigenvalue weighted by atomic mass is 19.4. The lowest BCUT2D eigenvalue weighted by atomic mass is 9.98. The van der Waals surface area contributed by atoms with Gasteiger partial charge in [-0.2, -0.15) is 13.2 Å². The molecule has 122 valence electrons. The van der Waals surface area contributed by atoms with Crippen LogP contribution in [0.2, 0.25) is 0 Å². The van der Waals surface area contributed by atoms with E-state index in [1.807, 2.05) is 4.90 Å². The molecule has 0 radical (unpaired) electrons. The van der Waals surface area contributed by atoms with Crippen molar-refractivity contribution < 1.29 is 18.0 Å². The number of rotatable bonds is 4. The topological polar surface area (TPSA) is 59.2 Å². The number of carbonyl (C=O) groups is 1. The third-order valence-electron chi connectivity index (χ3n) is 3.97. The Morgan fingerprint density at radius 2 is 2.00 bits per heavy atom. The first-order valence-corrected chi connectivity index (χ1v) is 7.37. The van der Waals surface area contributed by atoms with E-state index < -0.39 is 17.8 Å². The number of aromatic nitrogens is 1. The van der Waals surface area contributed by atoms with Crippen LogP contribution in [0.5, 0.6) is 0 Å². The third kappa shape index (κ3) is 4.11. The zero-order chi connectivity index (χ0) is 16.3. The Hall–Kier alpha value is -1.79. The molecule has 2 rings (SSSR count). The number of pyridine rings is 1. The molecule has 2 heterocycles. The first-order chi connectivity index (χ1) is 10.3. The average Bonchev–Trinajstić information content (AvgIpc) is 2.45. The van der Waals surface area contributed by atoms with E-state index in [2.05, 4.69) is 11.9 Å². The fourth-order valence-corrected chi connectivity index (χ4v) is 2.58. The van der Waals surface area contributed by atoms with Gasteiger partial charge in [-0.25, -0.2) is 4.98 Å². The summed E-state index contributed by atoms with van der Waals surface area (Å²) in [6.07, 6.45) is -2.22. The van der Waals surface area contributed by atoms with Crippen LogP contribution in [0.3, 0.4) is 0 Å². The van der Waals surface area contributed by atoms with Gasteiger partial charge in [-0.15, -0.1) is 0 Å². The molecular formula is C15H20F3N3O. The fraction of sp³-hybridized carbons (Fsp3) is 0.600. The molecule has 1 fully saturated rings. The lowest BCUT2D eigenvalue weighted by molar-refractivity contribution is -0.141. The Labute approximate surface area is 127 Å². The van der Waals surface area contributed by atoms with Crippen molar-refractivity contribution in [3.8, 4) is 0 Å². The largest absolute Gasteiger partial charge is 0.433 e. The van der Waals surface area contributed by atoms with E-state index in [1.54, 1.807) is 0 Å². The van der Waals surface area contributed by atoms with Gasteiger partial charge in [0.25, 0.3) is 0 Å². The van der Waals surface area contributed by atoms with Crippen LogP contribution in [0.25, 0.3) is 0 Å². The highest BCUT2D eigenvalue weighted by Crippen LogP contribution is 2.32. The molecule has 0 saturated carbocycles. The second-order valence-electron chi connectivity index (χ2n) is 5.81. The van der Waals surface area contributed by atoms with E-state index in [-0.39, 0.29) is 6.42 Å². The highest BCUT2D eigenvalue weighted by molar-refractivity contribution is 5.74. The summed E-state index contributed by atoms with van der Waals surface area (Å²) in [5, 5.41) is 0. The van der Waals surface area contributed by atoms with Gasteiger partial charge in [0, 0.05) is 19.5 Å². The van der Waals surface area contributed by atoms with Gasteiger partial charge in [0.05, 0.1) is 0 Å². The molecule has 1 amide bonds. The smallest absolute Gasteiger partial charge is 0.370 e. The summed E-state index contributed by atoms with van der Waals surface area (Å²) in [6, 6.07) is 2.37. The summed E-state index contributed by atoms with van der Waals surface area (Å²) in [5.41, 5.74) is 4.87. The van der Waals surface area contributed by atoms with Crippen LogP contribution in [0.15, 0.2) is 12.1 Å². The minimum absolute atomic E-state index is 0.101. The maximum Gasteiger partial charge on any atom is 0.433 e. The molecule has 22 heavy (non-hydrogen) atoms. The summed E-state index contributed by atoms with van der Waals surface area (Å²) >= 11 is 0. The van der Waals surface area contributed by atoms with Crippen molar-refractivity contribution in [3.63, 3.8) is 0 Å². The number of amides is 1. The molecule has 1 aromatic rings. The standard InChI is InChI=1S/C15H20F3N3O/c1-10-6-8-21(9-7-10)14-11(3-5-13(19)22)2-4-12(20-14)15(16,17)18/h2,4,10H,3,5-9H2,1H3,(H2,19,22). The van der Waals surface area contributed by atoms with Crippen LogP contribution in [0.4, 0.5) is 19.0 Å². The number of hydrogen-bond donors (Lipinski definition) is 1. The number of carbonyl (C=O) groups excluding carboxylic acids is 1.